The molecule has 1 aromatic rings. The molecular weight excluding hydrogens is 313 g/mol. The second kappa shape index (κ2) is 7.19. The Labute approximate surface area is 140 Å². The van der Waals surface area contributed by atoms with E-state index in [1.165, 1.54) is 12.1 Å². The highest BCUT2D eigenvalue weighted by Gasteiger charge is 2.39. The molecule has 3 rings (SSSR count). The van der Waals surface area contributed by atoms with Crippen LogP contribution < -0.4 is 16.0 Å². The number of rotatable bonds is 5. The van der Waals surface area contributed by atoms with Crippen LogP contribution in [0.3, 0.4) is 0 Å². The van der Waals surface area contributed by atoms with Crippen molar-refractivity contribution < 1.29 is 18.7 Å². The highest BCUT2D eigenvalue weighted by Crippen LogP contribution is 2.33. The van der Waals surface area contributed by atoms with Crippen LogP contribution >= 0.6 is 0 Å². The number of benzene rings is 1. The van der Waals surface area contributed by atoms with Crippen LogP contribution in [0.25, 0.3) is 0 Å². The molecule has 0 bridgehead atoms. The maximum Gasteiger partial charge on any atom is 0.226 e. The van der Waals surface area contributed by atoms with Crippen LogP contribution in [-0.4, -0.2) is 38.3 Å². The molecule has 7 heteroatoms. The Morgan fingerprint density at radius 1 is 1.42 bits per heavy atom. The van der Waals surface area contributed by atoms with Crippen molar-refractivity contribution in [3.8, 4) is 0 Å². The zero-order chi connectivity index (χ0) is 17.0. The summed E-state index contributed by atoms with van der Waals surface area (Å²) < 4.78 is 24.6. The molecule has 130 valence electrons. The number of morpholine rings is 1. The van der Waals surface area contributed by atoms with Gasteiger partial charge in [-0.3, -0.25) is 4.79 Å². The highest BCUT2D eigenvalue weighted by molar-refractivity contribution is 5.77. The van der Waals surface area contributed by atoms with Crippen molar-refractivity contribution in [3.05, 3.63) is 47.6 Å². The fourth-order valence-electron chi connectivity index (χ4n) is 2.87. The molecule has 0 saturated carbocycles. The van der Waals surface area contributed by atoms with Crippen LogP contribution in [0.2, 0.25) is 0 Å². The largest absolute Gasteiger partial charge is 0.467 e. The van der Waals surface area contributed by atoms with Crippen LogP contribution in [0.1, 0.15) is 18.9 Å². The van der Waals surface area contributed by atoms with E-state index in [9.17, 15) is 9.18 Å². The second-order valence-electron chi connectivity index (χ2n) is 6.01. The Bertz CT molecular complexity index is 614. The van der Waals surface area contributed by atoms with Crippen molar-refractivity contribution in [1.29, 1.82) is 0 Å². The zero-order valence-electron chi connectivity index (χ0n) is 13.6. The van der Waals surface area contributed by atoms with Gasteiger partial charge in [-0.15, -0.1) is 0 Å². The van der Waals surface area contributed by atoms with E-state index in [0.717, 1.165) is 13.1 Å². The Morgan fingerprint density at radius 3 is 2.83 bits per heavy atom. The summed E-state index contributed by atoms with van der Waals surface area (Å²) in [6.07, 6.45) is 1.76. The molecule has 1 fully saturated rings. The van der Waals surface area contributed by atoms with Gasteiger partial charge in [0.1, 0.15) is 11.6 Å². The van der Waals surface area contributed by atoms with Gasteiger partial charge in [-0.2, -0.15) is 0 Å². The van der Waals surface area contributed by atoms with Crippen LogP contribution in [0, 0.1) is 5.82 Å². The fraction of sp³-hybridized carbons (Fsp3) is 0.471. The summed E-state index contributed by atoms with van der Waals surface area (Å²) in [6.45, 7) is 4.45. The highest BCUT2D eigenvalue weighted by atomic mass is 19.1. The number of hydrogen-bond acceptors (Lipinski definition) is 5. The molecule has 1 aromatic carbocycles. The smallest absolute Gasteiger partial charge is 0.226 e. The molecule has 0 radical (unpaired) electrons. The van der Waals surface area contributed by atoms with E-state index in [-0.39, 0.29) is 24.2 Å². The molecule has 24 heavy (non-hydrogen) atoms. The van der Waals surface area contributed by atoms with Gasteiger partial charge in [0.05, 0.1) is 19.1 Å². The number of halogens is 1. The Kier molecular flexibility index (Phi) is 5.01. The lowest BCUT2D eigenvalue weighted by atomic mass is 9.98. The molecule has 1 saturated heterocycles. The zero-order valence-corrected chi connectivity index (χ0v) is 13.6. The Morgan fingerprint density at radius 2 is 2.21 bits per heavy atom. The van der Waals surface area contributed by atoms with Crippen LogP contribution in [0.5, 0.6) is 0 Å². The number of hydrogen-bond donors (Lipinski definition) is 3. The van der Waals surface area contributed by atoms with Gasteiger partial charge in [-0.25, -0.2) is 4.39 Å². The molecule has 6 nitrogen and oxygen atoms in total. The van der Waals surface area contributed by atoms with E-state index in [2.05, 4.69) is 16.0 Å². The molecule has 0 spiro atoms. The molecule has 2 atom stereocenters. The monoisotopic (exact) mass is 335 g/mol. The minimum absolute atomic E-state index is 0.0261. The first-order chi connectivity index (χ1) is 11.6. The normalized spacial score (nSPS) is 26.2. The van der Waals surface area contributed by atoms with E-state index in [0.29, 0.717) is 24.5 Å². The first-order valence-corrected chi connectivity index (χ1v) is 8.06. The number of nitrogens with one attached hydrogen (secondary N) is 3. The Hall–Kier alpha value is -2.12. The number of ether oxygens (including phenoxy) is 2. The first kappa shape index (κ1) is 16.7. The quantitative estimate of drug-likeness (QED) is 0.747. The van der Waals surface area contributed by atoms with E-state index >= 15 is 0 Å². The van der Waals surface area contributed by atoms with Crippen molar-refractivity contribution in [2.45, 2.75) is 25.2 Å². The summed E-state index contributed by atoms with van der Waals surface area (Å²) in [5.41, 5.74) is -0.309. The Balaban J connectivity index is 1.64. The van der Waals surface area contributed by atoms with Crippen LogP contribution in [0.15, 0.2) is 36.2 Å². The van der Waals surface area contributed by atoms with Gasteiger partial charge < -0.3 is 25.4 Å². The molecular formula is C17H22FN3O3. The van der Waals surface area contributed by atoms with Gasteiger partial charge in [0, 0.05) is 31.4 Å². The number of allylic oxidation sites excluding steroid dienone is 1. The first-order valence-electron chi connectivity index (χ1n) is 8.06. The molecule has 1 unspecified atom stereocenters. The van der Waals surface area contributed by atoms with E-state index in [1.807, 2.05) is 0 Å². The number of amides is 1. The summed E-state index contributed by atoms with van der Waals surface area (Å²) in [7, 11) is 0. The predicted octanol–water partition coefficient (Wildman–Crippen LogP) is 0.954. The van der Waals surface area contributed by atoms with Gasteiger partial charge in [-0.1, -0.05) is 12.1 Å². The van der Waals surface area contributed by atoms with Crippen molar-refractivity contribution in [2.75, 3.05) is 26.2 Å². The summed E-state index contributed by atoms with van der Waals surface area (Å²) in [5.74, 6) is 0.180. The summed E-state index contributed by atoms with van der Waals surface area (Å²) >= 11 is 0. The minimum Gasteiger partial charge on any atom is -0.467 e. The van der Waals surface area contributed by atoms with Gasteiger partial charge in [0.25, 0.3) is 0 Å². The van der Waals surface area contributed by atoms with E-state index < -0.39 is 5.72 Å². The lowest BCUT2D eigenvalue weighted by molar-refractivity contribution is -0.128. The maximum atomic E-state index is 13.2. The van der Waals surface area contributed by atoms with Crippen LogP contribution in [0.4, 0.5) is 4.39 Å². The third-order valence-electron chi connectivity index (χ3n) is 4.10. The summed E-state index contributed by atoms with van der Waals surface area (Å²) in [6, 6.07) is 5.96. The minimum atomic E-state index is -1.01. The van der Waals surface area contributed by atoms with Crippen molar-refractivity contribution in [3.63, 3.8) is 0 Å². The number of carbonyl (C=O) groups is 1. The average Bonchev–Trinajstić information content (AvgIpc) is 2.96. The van der Waals surface area contributed by atoms with E-state index in [4.69, 9.17) is 9.47 Å². The molecule has 3 N–H and O–H groups in total. The molecule has 2 aliphatic heterocycles. The molecule has 2 heterocycles. The van der Waals surface area contributed by atoms with E-state index in [1.54, 1.807) is 25.3 Å². The second-order valence-corrected chi connectivity index (χ2v) is 6.01. The van der Waals surface area contributed by atoms with Crippen molar-refractivity contribution >= 4 is 5.91 Å². The lowest BCUT2D eigenvalue weighted by Gasteiger charge is -2.30. The lowest BCUT2D eigenvalue weighted by Crippen LogP contribution is -2.47. The molecule has 0 aromatic heterocycles. The van der Waals surface area contributed by atoms with Crippen molar-refractivity contribution in [1.82, 2.24) is 16.0 Å². The van der Waals surface area contributed by atoms with Gasteiger partial charge in [0.15, 0.2) is 0 Å². The topological polar surface area (TPSA) is 71.6 Å². The van der Waals surface area contributed by atoms with Gasteiger partial charge >= 0.3 is 0 Å². The molecule has 0 aliphatic carbocycles. The van der Waals surface area contributed by atoms with Gasteiger partial charge in [-0.05, 0) is 19.1 Å². The molecule has 2 aliphatic rings. The summed E-state index contributed by atoms with van der Waals surface area (Å²) in [5, 5.41) is 9.21. The SMILES string of the molecule is CC1=CNC(CC(=O)NC[C@H]2CNCCO2)(c2ccc(F)cc2)O1. The summed E-state index contributed by atoms with van der Waals surface area (Å²) in [4.78, 5) is 12.4. The van der Waals surface area contributed by atoms with Gasteiger partial charge in [0.2, 0.25) is 11.6 Å². The van der Waals surface area contributed by atoms with Crippen molar-refractivity contribution in [2.24, 2.45) is 0 Å². The number of carbonyl (C=O) groups excluding carboxylic acids is 1. The predicted molar refractivity (Wildman–Crippen MR) is 86.3 cm³/mol. The fourth-order valence-corrected chi connectivity index (χ4v) is 2.87. The third-order valence-corrected chi connectivity index (χ3v) is 4.10. The third kappa shape index (κ3) is 3.85. The molecule has 1 amide bonds. The average molecular weight is 335 g/mol. The van der Waals surface area contributed by atoms with Crippen LogP contribution in [-0.2, 0) is 20.0 Å². The maximum absolute atomic E-state index is 13.2. The standard InChI is InChI=1S/C17H22FN3O3/c1-12-9-21-17(24-12,13-2-4-14(18)5-3-13)8-16(22)20-11-15-10-19-6-7-23-15/h2-5,9,15,19,21H,6-8,10-11H2,1H3,(H,20,22)/t15-,17?/m1/s1.